The van der Waals surface area contributed by atoms with Crippen LogP contribution in [0, 0.1) is 6.92 Å². The predicted molar refractivity (Wildman–Crippen MR) is 84.5 cm³/mol. The van der Waals surface area contributed by atoms with E-state index in [4.69, 9.17) is 0 Å². The number of rotatable bonds is 7. The zero-order chi connectivity index (χ0) is 15.3. The second kappa shape index (κ2) is 6.88. The maximum atomic E-state index is 10.1. The molecule has 0 aromatic carbocycles. The number of hydrogen-bond acceptors (Lipinski definition) is 5. The molecule has 0 aliphatic heterocycles. The number of nitrogens with one attached hydrogen (secondary N) is 1. The molecule has 0 fully saturated rings. The maximum absolute atomic E-state index is 10.1. The highest BCUT2D eigenvalue weighted by atomic mass is 16.3. The van der Waals surface area contributed by atoms with Crippen molar-refractivity contribution in [1.29, 1.82) is 0 Å². The maximum Gasteiger partial charge on any atom is 0.137 e. The monoisotopic (exact) mass is 280 g/mol. The molecule has 1 heterocycles. The van der Waals surface area contributed by atoms with E-state index in [2.05, 4.69) is 34.0 Å². The van der Waals surface area contributed by atoms with Crippen molar-refractivity contribution in [3.05, 3.63) is 11.4 Å². The normalized spacial score (nSPS) is 11.6. The van der Waals surface area contributed by atoms with Gasteiger partial charge in [0.05, 0.1) is 5.60 Å². The van der Waals surface area contributed by atoms with Crippen molar-refractivity contribution in [1.82, 2.24) is 9.97 Å². The van der Waals surface area contributed by atoms with E-state index < -0.39 is 5.60 Å². The van der Waals surface area contributed by atoms with Gasteiger partial charge in [-0.05, 0) is 34.1 Å². The zero-order valence-electron chi connectivity index (χ0n) is 13.6. The smallest absolute Gasteiger partial charge is 0.137 e. The van der Waals surface area contributed by atoms with E-state index in [0.29, 0.717) is 6.54 Å². The molecule has 5 heteroatoms. The van der Waals surface area contributed by atoms with Gasteiger partial charge in [0.2, 0.25) is 0 Å². The lowest BCUT2D eigenvalue weighted by Gasteiger charge is -2.30. The van der Waals surface area contributed by atoms with Crippen LogP contribution in [0.5, 0.6) is 0 Å². The summed E-state index contributed by atoms with van der Waals surface area (Å²) >= 11 is 0. The minimum Gasteiger partial charge on any atom is -0.389 e. The summed E-state index contributed by atoms with van der Waals surface area (Å²) in [5, 5.41) is 13.2. The van der Waals surface area contributed by atoms with Crippen molar-refractivity contribution in [2.75, 3.05) is 30.4 Å². The quantitative estimate of drug-likeness (QED) is 0.803. The number of hydrogen-bond donors (Lipinski definition) is 2. The number of aliphatic hydroxyl groups is 1. The number of likely N-dealkylation sites (N-methyl/N-ethyl adjacent to an activating group) is 1. The van der Waals surface area contributed by atoms with Crippen molar-refractivity contribution >= 4 is 11.6 Å². The van der Waals surface area contributed by atoms with Crippen LogP contribution in [0.25, 0.3) is 0 Å². The SMILES string of the molecule is CCCc1nc(NC)c(C)c(N(CC)CC(C)(C)O)n1. The molecule has 1 aromatic rings. The summed E-state index contributed by atoms with van der Waals surface area (Å²) in [7, 11) is 1.88. The third kappa shape index (κ3) is 4.34. The first-order valence-electron chi connectivity index (χ1n) is 7.35. The molecule has 0 radical (unpaired) electrons. The van der Waals surface area contributed by atoms with Crippen molar-refractivity contribution in [3.63, 3.8) is 0 Å². The fourth-order valence-corrected chi connectivity index (χ4v) is 2.24. The van der Waals surface area contributed by atoms with Crippen molar-refractivity contribution < 1.29 is 5.11 Å². The highest BCUT2D eigenvalue weighted by molar-refractivity contribution is 5.58. The number of nitrogens with zero attached hydrogens (tertiary/aromatic N) is 3. The second-order valence-corrected chi connectivity index (χ2v) is 5.76. The molecule has 1 aromatic heterocycles. The zero-order valence-corrected chi connectivity index (χ0v) is 13.6. The fraction of sp³-hybridized carbons (Fsp3) is 0.733. The van der Waals surface area contributed by atoms with Crippen LogP contribution in [-0.4, -0.2) is 40.8 Å². The summed E-state index contributed by atoms with van der Waals surface area (Å²) in [4.78, 5) is 11.3. The molecule has 1 rings (SSSR count). The Morgan fingerprint density at radius 1 is 1.25 bits per heavy atom. The van der Waals surface area contributed by atoms with E-state index in [-0.39, 0.29) is 0 Å². The van der Waals surface area contributed by atoms with Gasteiger partial charge in [-0.3, -0.25) is 0 Å². The van der Waals surface area contributed by atoms with Crippen molar-refractivity contribution in [2.45, 2.75) is 53.1 Å². The number of aryl methyl sites for hydroxylation is 1. The van der Waals surface area contributed by atoms with Gasteiger partial charge in [0, 0.05) is 32.1 Å². The minimum atomic E-state index is -0.752. The van der Waals surface area contributed by atoms with E-state index in [1.54, 1.807) is 0 Å². The molecule has 0 aliphatic rings. The van der Waals surface area contributed by atoms with Gasteiger partial charge < -0.3 is 15.3 Å². The van der Waals surface area contributed by atoms with Gasteiger partial charge in [-0.1, -0.05) is 6.92 Å². The third-order valence-corrected chi connectivity index (χ3v) is 3.14. The summed E-state index contributed by atoms with van der Waals surface area (Å²) in [6, 6.07) is 0. The molecule has 0 atom stereocenters. The molecule has 0 saturated heterocycles. The van der Waals surface area contributed by atoms with E-state index in [0.717, 1.165) is 42.4 Å². The largest absolute Gasteiger partial charge is 0.389 e. The minimum absolute atomic E-state index is 0.552. The average Bonchev–Trinajstić information content (AvgIpc) is 2.37. The Labute approximate surface area is 122 Å². The first-order chi connectivity index (χ1) is 9.32. The highest BCUT2D eigenvalue weighted by Crippen LogP contribution is 2.25. The number of aromatic nitrogens is 2. The fourth-order valence-electron chi connectivity index (χ4n) is 2.24. The summed E-state index contributed by atoms with van der Waals surface area (Å²) in [6.45, 7) is 11.2. The topological polar surface area (TPSA) is 61.3 Å². The van der Waals surface area contributed by atoms with Crippen LogP contribution in [0.2, 0.25) is 0 Å². The molecule has 0 unspecified atom stereocenters. The first-order valence-corrected chi connectivity index (χ1v) is 7.35. The highest BCUT2D eigenvalue weighted by Gasteiger charge is 2.21. The van der Waals surface area contributed by atoms with Crippen LogP contribution in [0.4, 0.5) is 11.6 Å². The lowest BCUT2D eigenvalue weighted by Crippen LogP contribution is -2.39. The van der Waals surface area contributed by atoms with Crippen LogP contribution in [0.3, 0.4) is 0 Å². The molecule has 114 valence electrons. The van der Waals surface area contributed by atoms with E-state index >= 15 is 0 Å². The molecule has 0 bridgehead atoms. The molecule has 0 aliphatic carbocycles. The average molecular weight is 280 g/mol. The predicted octanol–water partition coefficient (Wildman–Crippen LogP) is 2.38. The molecule has 0 spiro atoms. The van der Waals surface area contributed by atoms with Gasteiger partial charge >= 0.3 is 0 Å². The molecular formula is C15H28N4O. The Hall–Kier alpha value is -1.36. The van der Waals surface area contributed by atoms with E-state index in [1.165, 1.54) is 0 Å². The first kappa shape index (κ1) is 16.7. The van der Waals surface area contributed by atoms with Crippen molar-refractivity contribution in [3.8, 4) is 0 Å². The van der Waals surface area contributed by atoms with Crippen LogP contribution in [0.15, 0.2) is 0 Å². The Morgan fingerprint density at radius 2 is 1.90 bits per heavy atom. The summed E-state index contributed by atoms with van der Waals surface area (Å²) in [6.07, 6.45) is 1.88. The van der Waals surface area contributed by atoms with Gasteiger partial charge in [0.1, 0.15) is 17.5 Å². The van der Waals surface area contributed by atoms with Crippen LogP contribution in [0.1, 0.15) is 45.5 Å². The summed E-state index contributed by atoms with van der Waals surface area (Å²) < 4.78 is 0. The Kier molecular flexibility index (Phi) is 5.74. The second-order valence-electron chi connectivity index (χ2n) is 5.76. The standard InChI is InChI=1S/C15H28N4O/c1-7-9-12-17-13(16-6)11(3)14(18-12)19(8-2)10-15(4,5)20/h20H,7-10H2,1-6H3,(H,16,17,18). The number of anilines is 2. The van der Waals surface area contributed by atoms with Crippen LogP contribution >= 0.6 is 0 Å². The van der Waals surface area contributed by atoms with Gasteiger partial charge in [-0.25, -0.2) is 9.97 Å². The van der Waals surface area contributed by atoms with E-state index in [9.17, 15) is 5.11 Å². The molecular weight excluding hydrogens is 252 g/mol. The molecule has 20 heavy (non-hydrogen) atoms. The Balaban J connectivity index is 3.21. The lowest BCUT2D eigenvalue weighted by molar-refractivity contribution is 0.0874. The van der Waals surface area contributed by atoms with Gasteiger partial charge in [0.25, 0.3) is 0 Å². The summed E-state index contributed by atoms with van der Waals surface area (Å²) in [5.74, 6) is 2.64. The van der Waals surface area contributed by atoms with Gasteiger partial charge in [-0.2, -0.15) is 0 Å². The molecule has 2 N–H and O–H groups in total. The Bertz CT molecular complexity index is 440. The Morgan fingerprint density at radius 3 is 2.35 bits per heavy atom. The molecule has 0 saturated carbocycles. The molecule has 0 amide bonds. The van der Waals surface area contributed by atoms with Crippen molar-refractivity contribution in [2.24, 2.45) is 0 Å². The lowest BCUT2D eigenvalue weighted by atomic mass is 10.1. The third-order valence-electron chi connectivity index (χ3n) is 3.14. The van der Waals surface area contributed by atoms with Gasteiger partial charge in [-0.15, -0.1) is 0 Å². The van der Waals surface area contributed by atoms with Crippen LogP contribution < -0.4 is 10.2 Å². The van der Waals surface area contributed by atoms with E-state index in [1.807, 2.05) is 27.8 Å². The van der Waals surface area contributed by atoms with Gasteiger partial charge in [0.15, 0.2) is 0 Å². The summed E-state index contributed by atoms with van der Waals surface area (Å²) in [5.41, 5.74) is 0.274. The van der Waals surface area contributed by atoms with Crippen LogP contribution in [-0.2, 0) is 6.42 Å². The molecule has 5 nitrogen and oxygen atoms in total.